The number of aryl methyl sites for hydroxylation is 2. The summed E-state index contributed by atoms with van der Waals surface area (Å²) in [5.74, 6) is 0. The minimum atomic E-state index is -5.42. The number of hydrogen-bond acceptors (Lipinski definition) is 3. The van der Waals surface area contributed by atoms with Crippen LogP contribution in [-0.4, -0.2) is 14.7 Å². The first kappa shape index (κ1) is 18.8. The van der Waals surface area contributed by atoms with E-state index >= 15 is 0 Å². The Bertz CT molecular complexity index is 1190. The van der Waals surface area contributed by atoms with Crippen LogP contribution < -0.4 is 10.6 Å². The predicted octanol–water partition coefficient (Wildman–Crippen LogP) is 4.35. The zero-order valence-electron chi connectivity index (χ0n) is 15.9. The van der Waals surface area contributed by atoms with Crippen LogP contribution in [0.3, 0.4) is 0 Å². The second kappa shape index (κ2) is 6.51. The topological polar surface area (TPSA) is 60.7 Å². The Morgan fingerprint density at radius 3 is 1.89 bits per heavy atom. The van der Waals surface area contributed by atoms with Crippen LogP contribution in [-0.2, 0) is 0 Å². The van der Waals surface area contributed by atoms with Gasteiger partial charge < -0.3 is 0 Å². The summed E-state index contributed by atoms with van der Waals surface area (Å²) in [4.78, 5) is 34.7. The summed E-state index contributed by atoms with van der Waals surface area (Å²) < 4.78 is 0. The van der Waals surface area contributed by atoms with Crippen LogP contribution in [0, 0.1) is 13.8 Å². The van der Waals surface area contributed by atoms with E-state index < -0.39 is 7.28 Å². The molecule has 0 saturated carbocycles. The molecule has 4 aromatic rings. The molecule has 0 amide bonds. The molecule has 0 saturated heterocycles. The van der Waals surface area contributed by atoms with Gasteiger partial charge in [-0.25, -0.2) is 0 Å². The Morgan fingerprint density at radius 2 is 1.18 bits per heavy atom. The van der Waals surface area contributed by atoms with Crippen molar-refractivity contribution < 1.29 is 14.7 Å². The molecule has 0 aliphatic heterocycles. The Hall–Kier alpha value is -2.55. The van der Waals surface area contributed by atoms with Crippen molar-refractivity contribution in [3.05, 3.63) is 96.1 Å². The molecular formula is C24H23O3P. The van der Waals surface area contributed by atoms with Crippen molar-refractivity contribution in [1.82, 2.24) is 0 Å². The van der Waals surface area contributed by atoms with Crippen LogP contribution in [0.25, 0.3) is 21.9 Å². The fourth-order valence-electron chi connectivity index (χ4n) is 3.94. The van der Waals surface area contributed by atoms with Gasteiger partial charge in [0.1, 0.15) is 0 Å². The number of rotatable bonds is 3. The van der Waals surface area contributed by atoms with Gasteiger partial charge in [0.2, 0.25) is 0 Å². The van der Waals surface area contributed by atoms with E-state index in [9.17, 15) is 14.7 Å². The van der Waals surface area contributed by atoms with Gasteiger partial charge >= 0.3 is 164 Å². The second-order valence-corrected chi connectivity index (χ2v) is 10.2. The quantitative estimate of drug-likeness (QED) is 0.456. The molecule has 0 aromatic heterocycles. The summed E-state index contributed by atoms with van der Waals surface area (Å²) in [7, 11) is -5.42. The van der Waals surface area contributed by atoms with Gasteiger partial charge in [-0.1, -0.05) is 0 Å². The van der Waals surface area contributed by atoms with Crippen LogP contribution >= 0.6 is 7.28 Å². The van der Waals surface area contributed by atoms with Crippen LogP contribution in [0.2, 0.25) is 0 Å². The zero-order chi connectivity index (χ0) is 20.0. The maximum absolute atomic E-state index is 11.6. The molecule has 0 atom stereocenters. The van der Waals surface area contributed by atoms with Gasteiger partial charge in [-0.2, -0.15) is 0 Å². The van der Waals surface area contributed by atoms with Gasteiger partial charge in [-0.05, 0) is 0 Å². The Morgan fingerprint density at radius 1 is 0.571 bits per heavy atom. The molecule has 3 N–H and O–H groups in total. The van der Waals surface area contributed by atoms with E-state index in [1.165, 1.54) is 0 Å². The SMILES string of the molecule is Cc1ccccc1-c1ccc2ccccc2c1P(O)(O)(O)c1ccccc1C. The molecule has 0 heterocycles. The van der Waals surface area contributed by atoms with Gasteiger partial charge in [0, 0.05) is 0 Å². The maximum atomic E-state index is 11.6. The normalized spacial score (nSPS) is 13.2. The van der Waals surface area contributed by atoms with Crippen LogP contribution in [0.4, 0.5) is 0 Å². The molecule has 142 valence electrons. The molecule has 0 unspecified atom stereocenters. The van der Waals surface area contributed by atoms with Gasteiger partial charge in [-0.15, -0.1) is 0 Å². The predicted molar refractivity (Wildman–Crippen MR) is 118 cm³/mol. The summed E-state index contributed by atoms with van der Waals surface area (Å²) in [6.07, 6.45) is 0. The van der Waals surface area contributed by atoms with E-state index in [-0.39, 0.29) is 10.6 Å². The van der Waals surface area contributed by atoms with Crippen molar-refractivity contribution in [3.8, 4) is 11.1 Å². The molecule has 4 rings (SSSR count). The summed E-state index contributed by atoms with van der Waals surface area (Å²) in [6, 6.07) is 26.0. The molecule has 0 spiro atoms. The van der Waals surface area contributed by atoms with Crippen LogP contribution in [0.1, 0.15) is 11.1 Å². The summed E-state index contributed by atoms with van der Waals surface area (Å²) in [5.41, 5.74) is 3.13. The fraction of sp³-hybridized carbons (Fsp3) is 0.0833. The molecule has 0 aliphatic carbocycles. The summed E-state index contributed by atoms with van der Waals surface area (Å²) in [5, 5.41) is 1.83. The van der Waals surface area contributed by atoms with E-state index in [0.29, 0.717) is 16.5 Å². The monoisotopic (exact) mass is 390 g/mol. The molecule has 0 radical (unpaired) electrons. The Balaban J connectivity index is 2.18. The number of benzene rings is 4. The fourth-order valence-corrected chi connectivity index (χ4v) is 6.55. The third kappa shape index (κ3) is 2.94. The first-order chi connectivity index (χ1) is 13.3. The van der Waals surface area contributed by atoms with Crippen molar-refractivity contribution >= 4 is 28.7 Å². The molecule has 4 aromatic carbocycles. The molecule has 0 bridgehead atoms. The van der Waals surface area contributed by atoms with Crippen molar-refractivity contribution in [2.45, 2.75) is 13.8 Å². The van der Waals surface area contributed by atoms with Crippen molar-refractivity contribution in [2.75, 3.05) is 0 Å². The average Bonchev–Trinajstić information content (AvgIpc) is 2.67. The molecular weight excluding hydrogens is 367 g/mol. The summed E-state index contributed by atoms with van der Waals surface area (Å²) >= 11 is 0. The van der Waals surface area contributed by atoms with E-state index in [0.717, 1.165) is 16.5 Å². The standard InChI is InChI=1S/C24H23O3P/c1-17-9-3-6-12-20(17)22-16-15-19-11-5-7-13-21(19)24(22)28(25,26,27)23-14-8-4-10-18(23)2/h3-16,25-27H,1-2H3. The van der Waals surface area contributed by atoms with E-state index in [1.807, 2.05) is 73.7 Å². The minimum absolute atomic E-state index is 0.166. The van der Waals surface area contributed by atoms with Crippen molar-refractivity contribution in [1.29, 1.82) is 0 Å². The van der Waals surface area contributed by atoms with Crippen LogP contribution in [0.5, 0.6) is 0 Å². The first-order valence-corrected chi connectivity index (χ1v) is 11.3. The van der Waals surface area contributed by atoms with Gasteiger partial charge in [0.05, 0.1) is 0 Å². The molecule has 0 aliphatic rings. The molecule has 28 heavy (non-hydrogen) atoms. The van der Waals surface area contributed by atoms with Crippen LogP contribution in [0.15, 0.2) is 84.9 Å². The van der Waals surface area contributed by atoms with Gasteiger partial charge in [-0.3, -0.25) is 0 Å². The van der Waals surface area contributed by atoms with Crippen molar-refractivity contribution in [3.63, 3.8) is 0 Å². The Labute approximate surface area is 164 Å². The summed E-state index contributed by atoms with van der Waals surface area (Å²) in [6.45, 7) is 3.75. The van der Waals surface area contributed by atoms with E-state index in [1.54, 1.807) is 25.1 Å². The average molecular weight is 390 g/mol. The molecule has 3 nitrogen and oxygen atoms in total. The first-order valence-electron chi connectivity index (χ1n) is 9.19. The third-order valence-corrected chi connectivity index (χ3v) is 8.00. The zero-order valence-corrected chi connectivity index (χ0v) is 16.8. The number of hydrogen-bond donors (Lipinski definition) is 3. The molecule has 4 heteroatoms. The number of fused-ring (bicyclic) bond motifs is 1. The van der Waals surface area contributed by atoms with Gasteiger partial charge in [0.25, 0.3) is 0 Å². The molecule has 0 fully saturated rings. The second-order valence-electron chi connectivity index (χ2n) is 7.26. The van der Waals surface area contributed by atoms with E-state index in [2.05, 4.69) is 0 Å². The van der Waals surface area contributed by atoms with Gasteiger partial charge in [0.15, 0.2) is 0 Å². The Kier molecular flexibility index (Phi) is 4.37. The van der Waals surface area contributed by atoms with E-state index in [4.69, 9.17) is 0 Å². The third-order valence-electron chi connectivity index (χ3n) is 5.31. The van der Waals surface area contributed by atoms with Crippen molar-refractivity contribution in [2.24, 2.45) is 0 Å².